The van der Waals surface area contributed by atoms with E-state index in [4.69, 9.17) is 9.97 Å². The van der Waals surface area contributed by atoms with Gasteiger partial charge in [0.2, 0.25) is 0 Å². The Morgan fingerprint density at radius 3 is 1.63 bits per heavy atom. The molecule has 252 valence electrons. The summed E-state index contributed by atoms with van der Waals surface area (Å²) in [5, 5.41) is 13.9. The predicted molar refractivity (Wildman–Crippen MR) is 229 cm³/mol. The number of aromatic nitrogens is 2. The average molecular weight is 707 g/mol. The smallest absolute Gasteiger partial charge is 0.171 e. The Morgan fingerprint density at radius 2 is 0.889 bits per heavy atom. The lowest BCUT2D eigenvalue weighted by Crippen LogP contribution is -2.25. The van der Waals surface area contributed by atoms with Gasteiger partial charge in [-0.1, -0.05) is 164 Å². The van der Waals surface area contributed by atoms with Crippen molar-refractivity contribution < 1.29 is 4.57 Å². The van der Waals surface area contributed by atoms with Gasteiger partial charge < -0.3 is 4.57 Å². The third-order valence-electron chi connectivity index (χ3n) is 11.1. The highest BCUT2D eigenvalue weighted by Gasteiger charge is 2.32. The van der Waals surface area contributed by atoms with Crippen molar-refractivity contribution in [3.8, 4) is 22.4 Å². The molecule has 54 heavy (non-hydrogen) atoms. The maximum absolute atomic E-state index is 15.7. The molecule has 3 nitrogen and oxygen atoms in total. The molecule has 0 bridgehead atoms. The van der Waals surface area contributed by atoms with Gasteiger partial charge in [-0.3, -0.25) is 4.98 Å². The van der Waals surface area contributed by atoms with Crippen molar-refractivity contribution in [1.82, 2.24) is 9.97 Å². The molecule has 0 atom stereocenters. The fourth-order valence-corrected chi connectivity index (χ4v) is 11.5. The predicted octanol–water partition coefficient (Wildman–Crippen LogP) is 11.8. The van der Waals surface area contributed by atoms with E-state index in [9.17, 15) is 0 Å². The van der Waals surface area contributed by atoms with E-state index in [1.165, 1.54) is 32.7 Å². The minimum atomic E-state index is -3.21. The van der Waals surface area contributed by atoms with Gasteiger partial charge in [-0.15, -0.1) is 0 Å². The van der Waals surface area contributed by atoms with Crippen LogP contribution in [0.2, 0.25) is 0 Å². The molecule has 2 aromatic heterocycles. The topological polar surface area (TPSA) is 42.9 Å². The van der Waals surface area contributed by atoms with E-state index in [0.29, 0.717) is 0 Å². The summed E-state index contributed by atoms with van der Waals surface area (Å²) in [4.78, 5) is 9.91. The first-order chi connectivity index (χ1) is 26.7. The van der Waals surface area contributed by atoms with E-state index >= 15 is 4.57 Å². The standard InChI is InChI=1S/C50H31N2OP/c53-54(36-11-3-1-4-12-36,37-13-5-2-6-14-37)46-30-23-33-20-25-43-41(24-19-32-21-26-44(46)48(33)47(32)43)40-27-28-42(39-16-8-7-15-38(39)40)45-29-22-35-18-17-34-10-9-31-51-49(34)50(35)52-45/h1-31H. The molecule has 0 spiro atoms. The van der Waals surface area contributed by atoms with Gasteiger partial charge in [0, 0.05) is 38.4 Å². The van der Waals surface area contributed by atoms with Crippen LogP contribution in [-0.2, 0) is 4.57 Å². The van der Waals surface area contributed by atoms with Crippen molar-refractivity contribution in [2.24, 2.45) is 0 Å². The molecule has 11 aromatic rings. The summed E-state index contributed by atoms with van der Waals surface area (Å²) < 4.78 is 15.7. The third-order valence-corrected chi connectivity index (χ3v) is 14.3. The normalized spacial score (nSPS) is 12.1. The first-order valence-corrected chi connectivity index (χ1v) is 20.0. The van der Waals surface area contributed by atoms with Gasteiger partial charge in [0.25, 0.3) is 0 Å². The van der Waals surface area contributed by atoms with Gasteiger partial charge in [0.1, 0.15) is 0 Å². The number of pyridine rings is 2. The molecule has 4 heteroatoms. The van der Waals surface area contributed by atoms with Crippen molar-refractivity contribution in [2.75, 3.05) is 0 Å². The van der Waals surface area contributed by atoms with Crippen LogP contribution < -0.4 is 15.9 Å². The second-order valence-electron chi connectivity index (χ2n) is 14.0. The van der Waals surface area contributed by atoms with Crippen molar-refractivity contribution in [3.63, 3.8) is 0 Å². The Labute approximate surface area is 311 Å². The molecular formula is C50H31N2OP. The summed E-state index contributed by atoms with van der Waals surface area (Å²) in [5.74, 6) is 0. The molecule has 0 aliphatic rings. The van der Waals surface area contributed by atoms with Crippen molar-refractivity contribution >= 4 is 88.0 Å². The molecule has 0 saturated heterocycles. The SMILES string of the molecule is O=P(c1ccccc1)(c1ccccc1)c1ccc2ccc3c(-c4ccc(-c5ccc6ccc7cccnc7c6n5)c5ccccc45)ccc4ccc1c2c43. The summed E-state index contributed by atoms with van der Waals surface area (Å²) in [5.41, 5.74) is 6.17. The second kappa shape index (κ2) is 11.9. The lowest BCUT2D eigenvalue weighted by Gasteiger charge is -2.23. The van der Waals surface area contributed by atoms with Gasteiger partial charge in [-0.05, 0) is 72.4 Å². The molecule has 0 saturated carbocycles. The molecular weight excluding hydrogens is 676 g/mol. The van der Waals surface area contributed by atoms with Crippen LogP contribution in [0.3, 0.4) is 0 Å². The molecule has 0 unspecified atom stereocenters. The molecule has 0 aliphatic heterocycles. The number of benzene rings is 9. The summed E-state index contributed by atoms with van der Waals surface area (Å²) in [6.45, 7) is 0. The lowest BCUT2D eigenvalue weighted by atomic mass is 9.87. The van der Waals surface area contributed by atoms with Crippen LogP contribution >= 0.6 is 7.14 Å². The van der Waals surface area contributed by atoms with Gasteiger partial charge in [0.15, 0.2) is 7.14 Å². The lowest BCUT2D eigenvalue weighted by molar-refractivity contribution is 0.592. The van der Waals surface area contributed by atoms with Gasteiger partial charge >= 0.3 is 0 Å². The molecule has 0 N–H and O–H groups in total. The fourth-order valence-electron chi connectivity index (χ4n) is 8.63. The molecule has 0 radical (unpaired) electrons. The molecule has 9 aromatic carbocycles. The van der Waals surface area contributed by atoms with Crippen molar-refractivity contribution in [1.29, 1.82) is 0 Å². The Kier molecular flexibility index (Phi) is 6.83. The first-order valence-electron chi connectivity index (χ1n) is 18.3. The number of hydrogen-bond donors (Lipinski definition) is 0. The molecule has 0 aliphatic carbocycles. The van der Waals surface area contributed by atoms with Crippen LogP contribution in [0.1, 0.15) is 0 Å². The molecule has 0 amide bonds. The highest BCUT2D eigenvalue weighted by Crippen LogP contribution is 2.48. The van der Waals surface area contributed by atoms with E-state index in [0.717, 1.165) is 70.5 Å². The third kappa shape index (κ3) is 4.52. The summed E-state index contributed by atoms with van der Waals surface area (Å²) in [6, 6.07) is 63.2. The monoisotopic (exact) mass is 706 g/mol. The summed E-state index contributed by atoms with van der Waals surface area (Å²) in [7, 11) is -3.21. The Morgan fingerprint density at radius 1 is 0.370 bits per heavy atom. The Balaban J connectivity index is 1.14. The van der Waals surface area contributed by atoms with Gasteiger partial charge in [0.05, 0.1) is 16.7 Å². The summed E-state index contributed by atoms with van der Waals surface area (Å²) in [6.07, 6.45) is 1.84. The van der Waals surface area contributed by atoms with Crippen LogP contribution in [0, 0.1) is 0 Å². The zero-order chi connectivity index (χ0) is 35.8. The highest BCUT2D eigenvalue weighted by atomic mass is 31.2. The quantitative estimate of drug-likeness (QED) is 0.132. The zero-order valence-electron chi connectivity index (χ0n) is 29.1. The molecule has 2 heterocycles. The van der Waals surface area contributed by atoms with Crippen LogP contribution in [0.5, 0.6) is 0 Å². The second-order valence-corrected chi connectivity index (χ2v) is 16.7. The van der Waals surface area contributed by atoms with E-state index in [-0.39, 0.29) is 0 Å². The average Bonchev–Trinajstić information content (AvgIpc) is 3.25. The van der Waals surface area contributed by atoms with Crippen LogP contribution in [0.4, 0.5) is 0 Å². The minimum absolute atomic E-state index is 0.837. The molecule has 0 fully saturated rings. The van der Waals surface area contributed by atoms with Crippen molar-refractivity contribution in [3.05, 3.63) is 188 Å². The van der Waals surface area contributed by atoms with Crippen LogP contribution in [0.15, 0.2) is 188 Å². The zero-order valence-corrected chi connectivity index (χ0v) is 30.0. The largest absolute Gasteiger partial charge is 0.309 e. The summed E-state index contributed by atoms with van der Waals surface area (Å²) >= 11 is 0. The number of rotatable bonds is 5. The van der Waals surface area contributed by atoms with Gasteiger partial charge in [-0.2, -0.15) is 0 Å². The maximum atomic E-state index is 15.7. The first kappa shape index (κ1) is 30.9. The van der Waals surface area contributed by atoms with E-state index in [1.807, 2.05) is 72.9 Å². The van der Waals surface area contributed by atoms with Gasteiger partial charge in [-0.25, -0.2) is 4.98 Å². The van der Waals surface area contributed by atoms with E-state index < -0.39 is 7.14 Å². The Bertz CT molecular complexity index is 3260. The number of fused-ring (bicyclic) bond motifs is 4. The van der Waals surface area contributed by atoms with Crippen molar-refractivity contribution in [2.45, 2.75) is 0 Å². The van der Waals surface area contributed by atoms with E-state index in [1.54, 1.807) is 0 Å². The fraction of sp³-hybridized carbons (Fsp3) is 0. The number of hydrogen-bond acceptors (Lipinski definition) is 3. The maximum Gasteiger partial charge on any atom is 0.171 e. The van der Waals surface area contributed by atoms with Crippen LogP contribution in [-0.4, -0.2) is 9.97 Å². The Hall–Kier alpha value is -6.67. The number of nitrogens with zero attached hydrogens (tertiary/aromatic N) is 2. The minimum Gasteiger partial charge on any atom is -0.309 e. The van der Waals surface area contributed by atoms with Crippen LogP contribution in [0.25, 0.3) is 87.3 Å². The van der Waals surface area contributed by atoms with E-state index in [2.05, 4.69) is 115 Å². The molecule has 11 rings (SSSR count). The highest BCUT2D eigenvalue weighted by molar-refractivity contribution is 7.85.